The molecule has 0 aliphatic rings. The second-order valence-electron chi connectivity index (χ2n) is 6.91. The Morgan fingerprint density at radius 3 is 2.59 bits per heavy atom. The first kappa shape index (κ1) is 21.0. The number of hydrogen-bond donors (Lipinski definition) is 2. The minimum atomic E-state index is -4.43. The standard InChI is InChI=1S/C20H21F3N4OS/c1-10-13(4)29-19-16(10)17(24-9-25-19)26-12(3)18(28)27-11(2)14-6-5-7-15(8-14)20(21,22)23/h5-9,11-12H,1-4H3,(H,27,28)(H,24,25,26). The number of hydrogen-bond acceptors (Lipinski definition) is 5. The number of thiophene rings is 1. The Bertz CT molecular complexity index is 1050. The predicted molar refractivity (Wildman–Crippen MR) is 108 cm³/mol. The molecule has 0 radical (unpaired) electrons. The lowest BCUT2D eigenvalue weighted by Crippen LogP contribution is -2.39. The third-order valence-corrected chi connectivity index (χ3v) is 5.90. The predicted octanol–water partition coefficient (Wildman–Crippen LogP) is 5.00. The maximum atomic E-state index is 12.9. The van der Waals surface area contributed by atoms with Crippen LogP contribution in [-0.2, 0) is 11.0 Å². The molecular formula is C20H21F3N4OS. The van der Waals surface area contributed by atoms with Crippen LogP contribution in [0.3, 0.4) is 0 Å². The van der Waals surface area contributed by atoms with Crippen molar-refractivity contribution < 1.29 is 18.0 Å². The molecule has 0 aliphatic heterocycles. The van der Waals surface area contributed by atoms with E-state index in [0.29, 0.717) is 11.4 Å². The number of rotatable bonds is 5. The molecule has 0 saturated carbocycles. The molecule has 3 aromatic rings. The number of carbonyl (C=O) groups is 1. The molecule has 0 saturated heterocycles. The Morgan fingerprint density at radius 2 is 1.90 bits per heavy atom. The normalized spacial score (nSPS) is 13.9. The van der Waals surface area contributed by atoms with Crippen molar-refractivity contribution >= 4 is 33.3 Å². The van der Waals surface area contributed by atoms with Crippen molar-refractivity contribution in [2.24, 2.45) is 0 Å². The fourth-order valence-electron chi connectivity index (χ4n) is 2.97. The molecule has 29 heavy (non-hydrogen) atoms. The molecule has 1 amide bonds. The van der Waals surface area contributed by atoms with Crippen LogP contribution in [-0.4, -0.2) is 21.9 Å². The number of carbonyl (C=O) groups excluding carboxylic acids is 1. The van der Waals surface area contributed by atoms with Gasteiger partial charge in [-0.15, -0.1) is 11.3 Å². The molecule has 0 spiro atoms. The molecular weight excluding hydrogens is 401 g/mol. The molecule has 2 heterocycles. The summed E-state index contributed by atoms with van der Waals surface area (Å²) in [6.07, 6.45) is -2.99. The quantitative estimate of drug-likeness (QED) is 0.607. The van der Waals surface area contributed by atoms with Gasteiger partial charge in [-0.05, 0) is 51.0 Å². The number of nitrogens with one attached hydrogen (secondary N) is 2. The molecule has 0 bridgehead atoms. The molecule has 3 rings (SSSR count). The summed E-state index contributed by atoms with van der Waals surface area (Å²) in [7, 11) is 0. The van der Waals surface area contributed by atoms with E-state index in [1.165, 1.54) is 12.4 Å². The number of fused-ring (bicyclic) bond motifs is 1. The van der Waals surface area contributed by atoms with Crippen LogP contribution in [0.15, 0.2) is 30.6 Å². The summed E-state index contributed by atoms with van der Waals surface area (Å²) in [5.74, 6) is 0.220. The number of nitrogens with zero attached hydrogens (tertiary/aromatic N) is 2. The first-order chi connectivity index (χ1) is 13.6. The van der Waals surface area contributed by atoms with Crippen molar-refractivity contribution in [3.63, 3.8) is 0 Å². The third kappa shape index (κ3) is 4.50. The highest BCUT2D eigenvalue weighted by atomic mass is 32.1. The lowest BCUT2D eigenvalue weighted by molar-refractivity contribution is -0.137. The van der Waals surface area contributed by atoms with Gasteiger partial charge in [0.2, 0.25) is 5.91 Å². The van der Waals surface area contributed by atoms with Gasteiger partial charge < -0.3 is 10.6 Å². The van der Waals surface area contributed by atoms with Gasteiger partial charge in [-0.3, -0.25) is 4.79 Å². The SMILES string of the molecule is Cc1sc2ncnc(NC(C)C(=O)NC(C)c3cccc(C(F)(F)F)c3)c2c1C. The van der Waals surface area contributed by atoms with Crippen LogP contribution < -0.4 is 10.6 Å². The fourth-order valence-corrected chi connectivity index (χ4v) is 3.97. The van der Waals surface area contributed by atoms with Crippen LogP contribution in [0.25, 0.3) is 10.2 Å². The molecule has 0 aliphatic carbocycles. The van der Waals surface area contributed by atoms with Crippen LogP contribution in [0.4, 0.5) is 19.0 Å². The highest BCUT2D eigenvalue weighted by Gasteiger charge is 2.31. The average Bonchev–Trinajstić information content (AvgIpc) is 2.96. The van der Waals surface area contributed by atoms with E-state index in [2.05, 4.69) is 20.6 Å². The van der Waals surface area contributed by atoms with Crippen LogP contribution in [0, 0.1) is 13.8 Å². The summed E-state index contributed by atoms with van der Waals surface area (Å²) in [4.78, 5) is 23.1. The maximum absolute atomic E-state index is 12.9. The number of aromatic nitrogens is 2. The summed E-state index contributed by atoms with van der Waals surface area (Å²) < 4.78 is 38.8. The van der Waals surface area contributed by atoms with Gasteiger partial charge >= 0.3 is 6.18 Å². The zero-order chi connectivity index (χ0) is 21.3. The topological polar surface area (TPSA) is 66.9 Å². The largest absolute Gasteiger partial charge is 0.416 e. The average molecular weight is 422 g/mol. The van der Waals surface area contributed by atoms with Gasteiger partial charge in [0.15, 0.2) is 0 Å². The Kier molecular flexibility index (Phi) is 5.79. The zero-order valence-electron chi connectivity index (χ0n) is 16.4. The Hall–Kier alpha value is -2.68. The van der Waals surface area contributed by atoms with E-state index in [1.807, 2.05) is 13.8 Å². The molecule has 1 aromatic carbocycles. The van der Waals surface area contributed by atoms with Crippen molar-refractivity contribution in [3.05, 3.63) is 52.2 Å². The van der Waals surface area contributed by atoms with Crippen LogP contribution >= 0.6 is 11.3 Å². The van der Waals surface area contributed by atoms with E-state index in [9.17, 15) is 18.0 Å². The smallest absolute Gasteiger partial charge is 0.358 e. The molecule has 154 valence electrons. The molecule has 2 N–H and O–H groups in total. The Balaban J connectivity index is 1.73. The van der Waals surface area contributed by atoms with Crippen molar-refractivity contribution in [2.45, 2.75) is 46.0 Å². The minimum absolute atomic E-state index is 0.341. The van der Waals surface area contributed by atoms with Gasteiger partial charge in [0.1, 0.15) is 23.0 Å². The third-order valence-electron chi connectivity index (χ3n) is 4.78. The number of amides is 1. The molecule has 5 nitrogen and oxygen atoms in total. The maximum Gasteiger partial charge on any atom is 0.416 e. The molecule has 2 atom stereocenters. The Morgan fingerprint density at radius 1 is 1.17 bits per heavy atom. The van der Waals surface area contributed by atoms with E-state index in [-0.39, 0.29) is 5.91 Å². The monoisotopic (exact) mass is 422 g/mol. The van der Waals surface area contributed by atoms with E-state index in [0.717, 1.165) is 32.8 Å². The van der Waals surface area contributed by atoms with E-state index >= 15 is 0 Å². The van der Waals surface area contributed by atoms with Gasteiger partial charge in [-0.25, -0.2) is 9.97 Å². The van der Waals surface area contributed by atoms with Crippen molar-refractivity contribution in [2.75, 3.05) is 5.32 Å². The lowest BCUT2D eigenvalue weighted by atomic mass is 10.0. The van der Waals surface area contributed by atoms with Crippen molar-refractivity contribution in [3.8, 4) is 0 Å². The highest BCUT2D eigenvalue weighted by Crippen LogP contribution is 2.33. The second-order valence-corrected chi connectivity index (χ2v) is 8.11. The highest BCUT2D eigenvalue weighted by molar-refractivity contribution is 7.18. The van der Waals surface area contributed by atoms with Crippen LogP contribution in [0.1, 0.15) is 41.5 Å². The first-order valence-electron chi connectivity index (χ1n) is 9.02. The van der Waals surface area contributed by atoms with Crippen LogP contribution in [0.2, 0.25) is 0 Å². The van der Waals surface area contributed by atoms with Crippen molar-refractivity contribution in [1.29, 1.82) is 0 Å². The van der Waals surface area contributed by atoms with E-state index < -0.39 is 23.8 Å². The number of alkyl halides is 3. The fraction of sp³-hybridized carbons (Fsp3) is 0.350. The number of benzene rings is 1. The van der Waals surface area contributed by atoms with E-state index in [4.69, 9.17) is 0 Å². The van der Waals surface area contributed by atoms with Crippen LogP contribution in [0.5, 0.6) is 0 Å². The number of aryl methyl sites for hydroxylation is 2. The van der Waals surface area contributed by atoms with Gasteiger partial charge in [0, 0.05) is 4.88 Å². The van der Waals surface area contributed by atoms with Gasteiger partial charge in [0.25, 0.3) is 0 Å². The summed E-state index contributed by atoms with van der Waals surface area (Å²) in [5, 5.41) is 6.72. The summed E-state index contributed by atoms with van der Waals surface area (Å²) in [6, 6.07) is 3.74. The second kappa shape index (κ2) is 7.98. The van der Waals surface area contributed by atoms with Gasteiger partial charge in [0.05, 0.1) is 17.0 Å². The molecule has 2 unspecified atom stereocenters. The van der Waals surface area contributed by atoms with E-state index in [1.54, 1.807) is 31.3 Å². The summed E-state index contributed by atoms with van der Waals surface area (Å²) >= 11 is 1.56. The molecule has 9 heteroatoms. The molecule has 2 aromatic heterocycles. The minimum Gasteiger partial charge on any atom is -0.358 e. The molecule has 0 fully saturated rings. The Labute approximate surface area is 170 Å². The first-order valence-corrected chi connectivity index (χ1v) is 9.84. The van der Waals surface area contributed by atoms with Gasteiger partial charge in [-0.2, -0.15) is 13.2 Å². The summed E-state index contributed by atoms with van der Waals surface area (Å²) in [5.41, 5.74) is 0.695. The van der Waals surface area contributed by atoms with Crippen molar-refractivity contribution in [1.82, 2.24) is 15.3 Å². The number of halogens is 3. The van der Waals surface area contributed by atoms with Gasteiger partial charge in [-0.1, -0.05) is 12.1 Å². The lowest BCUT2D eigenvalue weighted by Gasteiger charge is -2.20. The zero-order valence-corrected chi connectivity index (χ0v) is 17.2. The number of anilines is 1. The summed E-state index contributed by atoms with van der Waals surface area (Å²) in [6.45, 7) is 7.30.